The lowest BCUT2D eigenvalue weighted by molar-refractivity contribution is 0.221. The quantitative estimate of drug-likeness (QED) is 0.528. The lowest BCUT2D eigenvalue weighted by Crippen LogP contribution is -2.36. The number of aliphatic imine (C=N–C) groups is 1. The Labute approximate surface area is 181 Å². The Bertz CT molecular complexity index is 798. The molecule has 0 saturated carbocycles. The van der Waals surface area contributed by atoms with Crippen LogP contribution in [-0.2, 0) is 25.0 Å². The first-order chi connectivity index (χ1) is 14.4. The summed E-state index contributed by atoms with van der Waals surface area (Å²) in [4.78, 5) is 11.6. The van der Waals surface area contributed by atoms with Crippen LogP contribution in [0.15, 0.2) is 39.9 Å². The van der Waals surface area contributed by atoms with Gasteiger partial charge in [-0.25, -0.2) is 9.98 Å². The average molecular weight is 412 g/mol. The minimum Gasteiger partial charge on any atom is -0.443 e. The molecule has 0 aliphatic carbocycles. The summed E-state index contributed by atoms with van der Waals surface area (Å²) >= 11 is 0. The molecule has 1 saturated heterocycles. The Morgan fingerprint density at radius 1 is 1.07 bits per heavy atom. The summed E-state index contributed by atoms with van der Waals surface area (Å²) in [7, 11) is 0. The van der Waals surface area contributed by atoms with E-state index in [4.69, 9.17) is 9.41 Å². The van der Waals surface area contributed by atoms with Gasteiger partial charge >= 0.3 is 0 Å². The third-order valence-electron chi connectivity index (χ3n) is 5.34. The summed E-state index contributed by atoms with van der Waals surface area (Å²) < 4.78 is 5.85. The van der Waals surface area contributed by atoms with Gasteiger partial charge in [-0.15, -0.1) is 0 Å². The van der Waals surface area contributed by atoms with Crippen LogP contribution in [0.3, 0.4) is 0 Å². The van der Waals surface area contributed by atoms with Crippen LogP contribution in [0, 0.1) is 0 Å². The Hall–Kier alpha value is -2.34. The van der Waals surface area contributed by atoms with Crippen molar-refractivity contribution in [3.63, 3.8) is 0 Å². The van der Waals surface area contributed by atoms with Crippen LogP contribution >= 0.6 is 0 Å². The Morgan fingerprint density at radius 3 is 2.40 bits per heavy atom. The second kappa shape index (κ2) is 10.6. The summed E-state index contributed by atoms with van der Waals surface area (Å²) in [5.74, 6) is 2.34. The van der Waals surface area contributed by atoms with Crippen molar-refractivity contribution < 1.29 is 4.42 Å². The zero-order valence-electron chi connectivity index (χ0n) is 19.0. The smallest absolute Gasteiger partial charge is 0.213 e. The van der Waals surface area contributed by atoms with E-state index in [1.54, 1.807) is 0 Å². The topological polar surface area (TPSA) is 65.7 Å². The zero-order chi connectivity index (χ0) is 21.4. The standard InChI is InChI=1S/C24H37N5O/c1-5-25-23(28-17-22-26-16-21(30-22)24(2,3)4)27-15-19-9-11-20(12-10-19)18-29-13-7-6-8-14-29/h9-12,16H,5-8,13-15,17-18H2,1-4H3,(H2,25,27,28). The number of oxazole rings is 1. The van der Waals surface area contributed by atoms with Gasteiger partial charge in [0.2, 0.25) is 5.89 Å². The number of hydrogen-bond acceptors (Lipinski definition) is 4. The predicted molar refractivity (Wildman–Crippen MR) is 122 cm³/mol. The van der Waals surface area contributed by atoms with Crippen LogP contribution in [0.4, 0.5) is 0 Å². The summed E-state index contributed by atoms with van der Waals surface area (Å²) in [6.45, 7) is 13.9. The number of hydrogen-bond donors (Lipinski definition) is 2. The van der Waals surface area contributed by atoms with Gasteiger partial charge in [-0.1, -0.05) is 51.5 Å². The van der Waals surface area contributed by atoms with Crippen LogP contribution in [0.5, 0.6) is 0 Å². The van der Waals surface area contributed by atoms with E-state index in [0.717, 1.165) is 24.8 Å². The van der Waals surface area contributed by atoms with Gasteiger partial charge in [0, 0.05) is 18.5 Å². The Morgan fingerprint density at radius 2 is 1.77 bits per heavy atom. The van der Waals surface area contributed by atoms with E-state index >= 15 is 0 Å². The minimum atomic E-state index is -0.0377. The fourth-order valence-electron chi connectivity index (χ4n) is 3.54. The number of piperidine rings is 1. The number of nitrogens with one attached hydrogen (secondary N) is 2. The van der Waals surface area contributed by atoms with E-state index in [1.807, 2.05) is 6.20 Å². The largest absolute Gasteiger partial charge is 0.443 e. The third-order valence-corrected chi connectivity index (χ3v) is 5.34. The molecule has 0 unspecified atom stereocenters. The molecule has 1 aromatic heterocycles. The molecule has 0 amide bonds. The maximum absolute atomic E-state index is 5.85. The van der Waals surface area contributed by atoms with Crippen molar-refractivity contribution in [3.8, 4) is 0 Å². The molecule has 1 aromatic carbocycles. The van der Waals surface area contributed by atoms with Crippen molar-refractivity contribution in [2.45, 2.75) is 72.0 Å². The fourth-order valence-corrected chi connectivity index (χ4v) is 3.54. The molecule has 0 spiro atoms. The number of nitrogens with zero attached hydrogens (tertiary/aromatic N) is 3. The van der Waals surface area contributed by atoms with Gasteiger partial charge < -0.3 is 15.1 Å². The van der Waals surface area contributed by atoms with Crippen LogP contribution in [0.25, 0.3) is 0 Å². The van der Waals surface area contributed by atoms with E-state index in [9.17, 15) is 0 Å². The van der Waals surface area contributed by atoms with Gasteiger partial charge in [-0.2, -0.15) is 0 Å². The van der Waals surface area contributed by atoms with Gasteiger partial charge in [0.1, 0.15) is 5.76 Å². The highest BCUT2D eigenvalue weighted by Crippen LogP contribution is 2.22. The molecule has 6 nitrogen and oxygen atoms in total. The molecule has 164 valence electrons. The molecule has 2 N–H and O–H groups in total. The third kappa shape index (κ3) is 6.87. The highest BCUT2D eigenvalue weighted by atomic mass is 16.4. The summed E-state index contributed by atoms with van der Waals surface area (Å²) in [5.41, 5.74) is 2.55. The van der Waals surface area contributed by atoms with Gasteiger partial charge in [-0.3, -0.25) is 4.90 Å². The van der Waals surface area contributed by atoms with Gasteiger partial charge in [0.05, 0.1) is 19.3 Å². The SMILES string of the molecule is CCNC(=NCc1ccc(CN2CCCCC2)cc1)NCc1ncc(C(C)(C)C)o1. The molecular formula is C24H37N5O. The molecular weight excluding hydrogens is 374 g/mol. The second-order valence-corrected chi connectivity index (χ2v) is 9.07. The fraction of sp³-hybridized carbons (Fsp3) is 0.583. The first-order valence-corrected chi connectivity index (χ1v) is 11.2. The molecule has 1 fully saturated rings. The average Bonchev–Trinajstić information content (AvgIpc) is 3.22. The van der Waals surface area contributed by atoms with Crippen molar-refractivity contribution in [1.29, 1.82) is 0 Å². The van der Waals surface area contributed by atoms with Crippen molar-refractivity contribution in [2.24, 2.45) is 4.99 Å². The van der Waals surface area contributed by atoms with Crippen molar-refractivity contribution in [2.75, 3.05) is 19.6 Å². The maximum Gasteiger partial charge on any atom is 0.213 e. The molecule has 1 aliphatic rings. The molecule has 0 atom stereocenters. The van der Waals surface area contributed by atoms with Crippen molar-refractivity contribution in [1.82, 2.24) is 20.5 Å². The monoisotopic (exact) mass is 411 g/mol. The lowest BCUT2D eigenvalue weighted by Gasteiger charge is -2.26. The van der Waals surface area contributed by atoms with Gasteiger partial charge in [0.15, 0.2) is 5.96 Å². The molecule has 3 rings (SSSR count). The first-order valence-electron chi connectivity index (χ1n) is 11.2. The van der Waals surface area contributed by atoms with Crippen LogP contribution in [0.2, 0.25) is 0 Å². The van der Waals surface area contributed by atoms with E-state index in [1.165, 1.54) is 43.5 Å². The van der Waals surface area contributed by atoms with Crippen molar-refractivity contribution >= 4 is 5.96 Å². The van der Waals surface area contributed by atoms with Crippen LogP contribution in [0.1, 0.15) is 69.7 Å². The van der Waals surface area contributed by atoms with Crippen molar-refractivity contribution in [3.05, 3.63) is 53.2 Å². The van der Waals surface area contributed by atoms with E-state index in [0.29, 0.717) is 19.0 Å². The Kier molecular flexibility index (Phi) is 7.91. The maximum atomic E-state index is 5.85. The number of benzene rings is 1. The number of rotatable bonds is 7. The van der Waals surface area contributed by atoms with Crippen LogP contribution < -0.4 is 10.6 Å². The number of likely N-dealkylation sites (tertiary alicyclic amines) is 1. The van der Waals surface area contributed by atoms with E-state index in [-0.39, 0.29) is 5.41 Å². The normalized spacial score (nSPS) is 15.9. The highest BCUT2D eigenvalue weighted by Gasteiger charge is 2.19. The summed E-state index contributed by atoms with van der Waals surface area (Å²) in [6.07, 6.45) is 5.85. The van der Waals surface area contributed by atoms with E-state index < -0.39 is 0 Å². The molecule has 2 heterocycles. The minimum absolute atomic E-state index is 0.0377. The van der Waals surface area contributed by atoms with Crippen LogP contribution in [-0.4, -0.2) is 35.5 Å². The summed E-state index contributed by atoms with van der Waals surface area (Å²) in [5, 5.41) is 6.60. The highest BCUT2D eigenvalue weighted by molar-refractivity contribution is 5.79. The molecule has 2 aromatic rings. The molecule has 0 radical (unpaired) electrons. The lowest BCUT2D eigenvalue weighted by atomic mass is 9.94. The second-order valence-electron chi connectivity index (χ2n) is 9.07. The first kappa shape index (κ1) is 22.3. The summed E-state index contributed by atoms with van der Waals surface area (Å²) in [6, 6.07) is 8.85. The number of aromatic nitrogens is 1. The van der Waals surface area contributed by atoms with Gasteiger partial charge in [0.25, 0.3) is 0 Å². The zero-order valence-corrected chi connectivity index (χ0v) is 19.0. The Balaban J connectivity index is 1.52. The number of guanidine groups is 1. The molecule has 6 heteroatoms. The molecule has 1 aliphatic heterocycles. The molecule has 30 heavy (non-hydrogen) atoms. The van der Waals surface area contributed by atoms with E-state index in [2.05, 4.69) is 72.5 Å². The predicted octanol–water partition coefficient (Wildman–Crippen LogP) is 4.21. The molecule has 0 bridgehead atoms. The van der Waals surface area contributed by atoms with Gasteiger partial charge in [-0.05, 0) is 44.0 Å².